The van der Waals surface area contributed by atoms with Crippen molar-refractivity contribution in [2.75, 3.05) is 0 Å². The third-order valence-electron chi connectivity index (χ3n) is 5.45. The molecule has 0 aromatic heterocycles. The first-order valence-electron chi connectivity index (χ1n) is 9.29. The van der Waals surface area contributed by atoms with Gasteiger partial charge in [-0.1, -0.05) is 55.6 Å². The largest absolute Gasteiger partial charge is 0.205 e. The molecule has 0 spiro atoms. The molecule has 0 bridgehead atoms. The maximum atomic E-state index is 13.6. The van der Waals surface area contributed by atoms with E-state index in [1.54, 1.807) is 0 Å². The molecule has 1 saturated carbocycles. The highest BCUT2D eigenvalue weighted by atomic mass is 35.5. The maximum Gasteiger partial charge on any atom is 0.145 e. The molecular formula is C22H25ClF2. The summed E-state index contributed by atoms with van der Waals surface area (Å²) in [6, 6.07) is 11.2. The summed E-state index contributed by atoms with van der Waals surface area (Å²) >= 11 is 5.54. The molecule has 0 nitrogen and oxygen atoms in total. The van der Waals surface area contributed by atoms with Crippen molar-refractivity contribution < 1.29 is 8.78 Å². The lowest BCUT2D eigenvalue weighted by atomic mass is 9.77. The molecule has 1 aliphatic rings. The van der Waals surface area contributed by atoms with Gasteiger partial charge in [0, 0.05) is 0 Å². The van der Waals surface area contributed by atoms with Crippen LogP contribution < -0.4 is 0 Å². The van der Waals surface area contributed by atoms with Crippen LogP contribution in [0.15, 0.2) is 36.4 Å². The van der Waals surface area contributed by atoms with E-state index in [-0.39, 0.29) is 0 Å². The summed E-state index contributed by atoms with van der Waals surface area (Å²) in [5.41, 5.74) is 3.06. The Kier molecular flexibility index (Phi) is 6.11. The second kappa shape index (κ2) is 8.31. The smallest absolute Gasteiger partial charge is 0.145 e. The van der Waals surface area contributed by atoms with Crippen molar-refractivity contribution >= 4 is 11.6 Å². The average molecular weight is 363 g/mol. The van der Waals surface area contributed by atoms with Gasteiger partial charge in [-0.25, -0.2) is 8.78 Å². The van der Waals surface area contributed by atoms with Gasteiger partial charge < -0.3 is 0 Å². The van der Waals surface area contributed by atoms with Crippen LogP contribution in [0.4, 0.5) is 8.78 Å². The van der Waals surface area contributed by atoms with Crippen LogP contribution in [0.1, 0.15) is 68.1 Å². The number of hydrogen-bond acceptors (Lipinski definition) is 0. The summed E-state index contributed by atoms with van der Waals surface area (Å²) in [7, 11) is 0. The third-order valence-corrected chi connectivity index (χ3v) is 5.81. The zero-order chi connectivity index (χ0) is 17.8. The molecular weight excluding hydrogens is 338 g/mol. The third kappa shape index (κ3) is 4.61. The van der Waals surface area contributed by atoms with Crippen molar-refractivity contribution in [3.05, 3.63) is 69.7 Å². The minimum atomic E-state index is -0.697. The lowest BCUT2D eigenvalue weighted by molar-refractivity contribution is 0.308. The molecule has 25 heavy (non-hydrogen) atoms. The van der Waals surface area contributed by atoms with Crippen molar-refractivity contribution in [1.29, 1.82) is 0 Å². The number of halogens is 3. The van der Waals surface area contributed by atoms with Crippen LogP contribution in [0.25, 0.3) is 0 Å². The highest BCUT2D eigenvalue weighted by Crippen LogP contribution is 2.37. The van der Waals surface area contributed by atoms with E-state index in [2.05, 4.69) is 31.2 Å². The van der Waals surface area contributed by atoms with Gasteiger partial charge in [-0.05, 0) is 72.8 Å². The lowest BCUT2D eigenvalue weighted by Gasteiger charge is -2.28. The Morgan fingerprint density at radius 3 is 2.08 bits per heavy atom. The maximum absolute atomic E-state index is 13.6. The molecule has 0 aliphatic heterocycles. The second-order valence-corrected chi connectivity index (χ2v) is 7.68. The highest BCUT2D eigenvalue weighted by Gasteiger charge is 2.21. The number of hydrogen-bond donors (Lipinski definition) is 0. The van der Waals surface area contributed by atoms with Crippen molar-refractivity contribution in [2.24, 2.45) is 5.92 Å². The van der Waals surface area contributed by atoms with Crippen molar-refractivity contribution in [3.8, 4) is 0 Å². The van der Waals surface area contributed by atoms with Gasteiger partial charge in [-0.2, -0.15) is 0 Å². The molecule has 134 valence electrons. The van der Waals surface area contributed by atoms with Crippen LogP contribution >= 0.6 is 11.6 Å². The van der Waals surface area contributed by atoms with Gasteiger partial charge in [0.15, 0.2) is 0 Å². The minimum Gasteiger partial charge on any atom is -0.205 e. The first-order chi connectivity index (χ1) is 12.1. The van der Waals surface area contributed by atoms with Crippen LogP contribution in [0.3, 0.4) is 0 Å². The Labute approximate surface area is 154 Å². The summed E-state index contributed by atoms with van der Waals surface area (Å²) in [6.07, 6.45) is 8.38. The van der Waals surface area contributed by atoms with E-state index in [0.29, 0.717) is 17.9 Å². The molecule has 2 aromatic rings. The van der Waals surface area contributed by atoms with E-state index >= 15 is 0 Å². The minimum absolute atomic E-state index is 0.433. The van der Waals surface area contributed by atoms with E-state index in [1.165, 1.54) is 56.2 Å². The fourth-order valence-electron chi connectivity index (χ4n) is 4.05. The Morgan fingerprint density at radius 2 is 1.52 bits per heavy atom. The molecule has 0 atom stereocenters. The zero-order valence-electron chi connectivity index (χ0n) is 14.7. The number of benzene rings is 2. The van der Waals surface area contributed by atoms with E-state index in [9.17, 15) is 8.78 Å². The van der Waals surface area contributed by atoms with E-state index in [4.69, 9.17) is 11.6 Å². The Bertz CT molecular complexity index is 677. The van der Waals surface area contributed by atoms with Crippen molar-refractivity contribution in [3.63, 3.8) is 0 Å². The van der Waals surface area contributed by atoms with Crippen molar-refractivity contribution in [1.82, 2.24) is 0 Å². The van der Waals surface area contributed by atoms with E-state index < -0.39 is 16.7 Å². The molecule has 1 fully saturated rings. The quantitative estimate of drug-likeness (QED) is 0.490. The van der Waals surface area contributed by atoms with Gasteiger partial charge >= 0.3 is 0 Å². The van der Waals surface area contributed by atoms with Gasteiger partial charge in [-0.15, -0.1) is 0 Å². The standard InChI is InChI=1S/C22H25ClF2/c1-2-3-15-4-8-18(9-5-15)19-10-6-16(7-11-19)12-17-13-20(24)22(23)21(25)14-17/h6-7,10-11,13-15,18H,2-5,8-9,12H2,1H3. The van der Waals surface area contributed by atoms with E-state index in [0.717, 1.165) is 11.5 Å². The summed E-state index contributed by atoms with van der Waals surface area (Å²) in [5, 5.41) is -0.433. The molecule has 0 N–H and O–H groups in total. The predicted octanol–water partition coefficient (Wildman–Crippen LogP) is 7.28. The lowest BCUT2D eigenvalue weighted by Crippen LogP contribution is -2.13. The summed E-state index contributed by atoms with van der Waals surface area (Å²) in [5.74, 6) is 0.178. The Morgan fingerprint density at radius 1 is 0.920 bits per heavy atom. The van der Waals surface area contributed by atoms with Crippen LogP contribution in [-0.2, 0) is 6.42 Å². The molecule has 0 saturated heterocycles. The van der Waals surface area contributed by atoms with Crippen LogP contribution in [0.2, 0.25) is 5.02 Å². The molecule has 3 heteroatoms. The molecule has 1 aliphatic carbocycles. The first kappa shape index (κ1) is 18.4. The number of rotatable bonds is 5. The zero-order valence-corrected chi connectivity index (χ0v) is 15.5. The summed E-state index contributed by atoms with van der Waals surface area (Å²) in [4.78, 5) is 0. The predicted molar refractivity (Wildman–Crippen MR) is 100 cm³/mol. The first-order valence-corrected chi connectivity index (χ1v) is 9.67. The summed E-state index contributed by atoms with van der Waals surface area (Å²) < 4.78 is 27.1. The molecule has 0 radical (unpaired) electrons. The summed E-state index contributed by atoms with van der Waals surface area (Å²) in [6.45, 7) is 2.27. The van der Waals surface area contributed by atoms with E-state index in [1.807, 2.05) is 0 Å². The molecule has 0 heterocycles. The average Bonchev–Trinajstić information content (AvgIpc) is 2.61. The Hall–Kier alpha value is -1.41. The second-order valence-electron chi connectivity index (χ2n) is 7.30. The van der Waals surface area contributed by atoms with Crippen molar-refractivity contribution in [2.45, 2.75) is 57.8 Å². The van der Waals surface area contributed by atoms with Crippen LogP contribution in [-0.4, -0.2) is 0 Å². The van der Waals surface area contributed by atoms with Gasteiger partial charge in [0.05, 0.1) is 0 Å². The van der Waals surface area contributed by atoms with Crippen LogP contribution in [0, 0.1) is 17.6 Å². The molecule has 0 amide bonds. The fourth-order valence-corrected chi connectivity index (χ4v) is 4.16. The molecule has 3 rings (SSSR count). The molecule has 2 aromatic carbocycles. The monoisotopic (exact) mass is 362 g/mol. The van der Waals surface area contributed by atoms with Gasteiger partial charge in [0.2, 0.25) is 0 Å². The van der Waals surface area contributed by atoms with Crippen LogP contribution in [0.5, 0.6) is 0 Å². The topological polar surface area (TPSA) is 0 Å². The van der Waals surface area contributed by atoms with Gasteiger partial charge in [-0.3, -0.25) is 0 Å². The Balaban J connectivity index is 1.63. The SMILES string of the molecule is CCCC1CCC(c2ccc(Cc3cc(F)c(Cl)c(F)c3)cc2)CC1. The fraction of sp³-hybridized carbons (Fsp3) is 0.455. The highest BCUT2D eigenvalue weighted by molar-refractivity contribution is 6.30. The molecule has 0 unspecified atom stereocenters. The normalized spacial score (nSPS) is 20.6. The van der Waals surface area contributed by atoms with Gasteiger partial charge in [0.1, 0.15) is 16.7 Å². The van der Waals surface area contributed by atoms with Gasteiger partial charge in [0.25, 0.3) is 0 Å².